The summed E-state index contributed by atoms with van der Waals surface area (Å²) in [7, 11) is 0. The third-order valence-electron chi connectivity index (χ3n) is 2.17. The minimum Gasteiger partial charge on any atom is -0.479 e. The molecule has 0 aromatic heterocycles. The second kappa shape index (κ2) is 4.24. The highest BCUT2D eigenvalue weighted by atomic mass is 16.5. The maximum absolute atomic E-state index is 11.1. The van der Waals surface area contributed by atoms with Gasteiger partial charge in [-0.2, -0.15) is 0 Å². The van der Waals surface area contributed by atoms with Crippen LogP contribution in [0.5, 0.6) is 0 Å². The Morgan fingerprint density at radius 2 is 2.00 bits per heavy atom. The van der Waals surface area contributed by atoms with Crippen molar-refractivity contribution < 1.29 is 14.6 Å². The molecule has 0 aliphatic carbocycles. The number of carboxylic acid groups (broad SMARTS) is 1. The largest absolute Gasteiger partial charge is 0.479 e. The molecule has 1 N–H and O–H groups in total. The molecule has 0 saturated carbocycles. The predicted molar refractivity (Wildman–Crippen MR) is 53.1 cm³/mol. The van der Waals surface area contributed by atoms with E-state index in [1.807, 2.05) is 6.07 Å². The van der Waals surface area contributed by atoms with Crippen LogP contribution in [0, 0.1) is 0 Å². The molecule has 0 heterocycles. The molecule has 14 heavy (non-hydrogen) atoms. The van der Waals surface area contributed by atoms with Crippen molar-refractivity contribution in [3.63, 3.8) is 0 Å². The van der Waals surface area contributed by atoms with Crippen LogP contribution in [0.3, 0.4) is 0 Å². The first-order valence-corrected chi connectivity index (χ1v) is 4.54. The topological polar surface area (TPSA) is 46.5 Å². The van der Waals surface area contributed by atoms with Crippen LogP contribution < -0.4 is 0 Å². The summed E-state index contributed by atoms with van der Waals surface area (Å²) in [6.07, 6.45) is 0. The van der Waals surface area contributed by atoms with E-state index in [-0.39, 0.29) is 0 Å². The fourth-order valence-corrected chi connectivity index (χ4v) is 1.31. The summed E-state index contributed by atoms with van der Waals surface area (Å²) in [5.41, 5.74) is -0.579. The highest BCUT2D eigenvalue weighted by Crippen LogP contribution is 2.25. The van der Waals surface area contributed by atoms with E-state index in [0.29, 0.717) is 12.2 Å². The maximum Gasteiger partial charge on any atom is 0.340 e. The Kier molecular flexibility index (Phi) is 3.25. The number of carboxylic acids is 1. The Balaban J connectivity index is 3.06. The molecule has 1 aromatic carbocycles. The number of carbonyl (C=O) groups is 1. The molecule has 1 rings (SSSR count). The van der Waals surface area contributed by atoms with Gasteiger partial charge in [0, 0.05) is 6.61 Å². The van der Waals surface area contributed by atoms with Crippen molar-refractivity contribution >= 4 is 5.97 Å². The Morgan fingerprint density at radius 3 is 2.43 bits per heavy atom. The lowest BCUT2D eigenvalue weighted by Crippen LogP contribution is -2.35. The second-order valence-electron chi connectivity index (χ2n) is 3.14. The fourth-order valence-electron chi connectivity index (χ4n) is 1.31. The third kappa shape index (κ3) is 1.93. The van der Waals surface area contributed by atoms with Gasteiger partial charge in [-0.05, 0) is 19.4 Å². The summed E-state index contributed by atoms with van der Waals surface area (Å²) in [6, 6.07) is 8.95. The van der Waals surface area contributed by atoms with Crippen molar-refractivity contribution in [1.29, 1.82) is 0 Å². The van der Waals surface area contributed by atoms with Gasteiger partial charge in [-0.1, -0.05) is 30.3 Å². The normalized spacial score (nSPS) is 14.7. The van der Waals surface area contributed by atoms with E-state index in [1.54, 1.807) is 38.1 Å². The molecule has 76 valence electrons. The fraction of sp³-hybridized carbons (Fsp3) is 0.364. The number of ether oxygens (including phenoxy) is 1. The minimum absolute atomic E-state index is 0.373. The van der Waals surface area contributed by atoms with Gasteiger partial charge in [0.05, 0.1) is 0 Å². The first-order valence-electron chi connectivity index (χ1n) is 4.54. The molecule has 0 aliphatic heterocycles. The Hall–Kier alpha value is -1.35. The first kappa shape index (κ1) is 10.7. The van der Waals surface area contributed by atoms with Crippen LogP contribution in [0.2, 0.25) is 0 Å². The zero-order valence-electron chi connectivity index (χ0n) is 8.36. The van der Waals surface area contributed by atoms with E-state index in [9.17, 15) is 4.79 Å². The first-order chi connectivity index (χ1) is 6.61. The van der Waals surface area contributed by atoms with Crippen molar-refractivity contribution in [3.8, 4) is 0 Å². The lowest BCUT2D eigenvalue weighted by molar-refractivity contribution is -0.164. The molecule has 0 aliphatic rings. The van der Waals surface area contributed by atoms with Crippen molar-refractivity contribution in [2.45, 2.75) is 19.4 Å². The molecule has 0 fully saturated rings. The monoisotopic (exact) mass is 194 g/mol. The summed E-state index contributed by atoms with van der Waals surface area (Å²) in [4.78, 5) is 11.1. The van der Waals surface area contributed by atoms with Crippen molar-refractivity contribution in [2.75, 3.05) is 6.61 Å². The summed E-state index contributed by atoms with van der Waals surface area (Å²) < 4.78 is 5.28. The van der Waals surface area contributed by atoms with Crippen LogP contribution in [-0.2, 0) is 15.1 Å². The second-order valence-corrected chi connectivity index (χ2v) is 3.14. The van der Waals surface area contributed by atoms with Gasteiger partial charge in [0.15, 0.2) is 5.60 Å². The van der Waals surface area contributed by atoms with Crippen LogP contribution in [0.4, 0.5) is 0 Å². The maximum atomic E-state index is 11.1. The van der Waals surface area contributed by atoms with E-state index < -0.39 is 11.6 Å². The molecule has 0 spiro atoms. The van der Waals surface area contributed by atoms with Gasteiger partial charge < -0.3 is 9.84 Å². The number of rotatable bonds is 4. The van der Waals surface area contributed by atoms with Gasteiger partial charge in [-0.25, -0.2) is 4.79 Å². The van der Waals surface area contributed by atoms with Crippen LogP contribution >= 0.6 is 0 Å². The molecule has 0 unspecified atom stereocenters. The van der Waals surface area contributed by atoms with E-state index >= 15 is 0 Å². The van der Waals surface area contributed by atoms with Crippen molar-refractivity contribution in [2.24, 2.45) is 0 Å². The van der Waals surface area contributed by atoms with Crippen molar-refractivity contribution in [1.82, 2.24) is 0 Å². The molecular weight excluding hydrogens is 180 g/mol. The lowest BCUT2D eigenvalue weighted by Gasteiger charge is -2.24. The van der Waals surface area contributed by atoms with Gasteiger partial charge in [0.1, 0.15) is 0 Å². The lowest BCUT2D eigenvalue weighted by atomic mass is 9.96. The number of aliphatic carboxylic acids is 1. The summed E-state index contributed by atoms with van der Waals surface area (Å²) in [5, 5.41) is 9.09. The molecule has 1 atom stereocenters. The van der Waals surface area contributed by atoms with Crippen LogP contribution in [0.1, 0.15) is 19.4 Å². The van der Waals surface area contributed by atoms with E-state index in [1.165, 1.54) is 0 Å². The average molecular weight is 194 g/mol. The predicted octanol–water partition coefficient (Wildman–Crippen LogP) is 2.02. The van der Waals surface area contributed by atoms with Crippen LogP contribution in [0.25, 0.3) is 0 Å². The average Bonchev–Trinajstić information content (AvgIpc) is 2.19. The molecule has 0 saturated heterocycles. The zero-order chi connectivity index (χ0) is 10.6. The Bertz CT molecular complexity index is 308. The molecule has 3 nitrogen and oxygen atoms in total. The quantitative estimate of drug-likeness (QED) is 0.797. The summed E-state index contributed by atoms with van der Waals surface area (Å²) in [5.74, 6) is -0.967. The highest BCUT2D eigenvalue weighted by molar-refractivity contribution is 5.78. The highest BCUT2D eigenvalue weighted by Gasteiger charge is 2.35. The number of benzene rings is 1. The van der Waals surface area contributed by atoms with Gasteiger partial charge >= 0.3 is 5.97 Å². The van der Waals surface area contributed by atoms with Gasteiger partial charge in [-0.15, -0.1) is 0 Å². The summed E-state index contributed by atoms with van der Waals surface area (Å²) in [6.45, 7) is 3.72. The minimum atomic E-state index is -1.24. The molecular formula is C11H14O3. The van der Waals surface area contributed by atoms with E-state index in [4.69, 9.17) is 9.84 Å². The molecule has 3 heteroatoms. The smallest absolute Gasteiger partial charge is 0.340 e. The Labute approximate surface area is 83.3 Å². The van der Waals surface area contributed by atoms with Gasteiger partial charge in [0.2, 0.25) is 0 Å². The van der Waals surface area contributed by atoms with Gasteiger partial charge in [-0.3, -0.25) is 0 Å². The van der Waals surface area contributed by atoms with E-state index in [2.05, 4.69) is 0 Å². The van der Waals surface area contributed by atoms with E-state index in [0.717, 1.165) is 0 Å². The molecule has 0 radical (unpaired) electrons. The van der Waals surface area contributed by atoms with Crippen molar-refractivity contribution in [3.05, 3.63) is 35.9 Å². The standard InChI is InChI=1S/C11H14O3/c1-3-14-11(2,10(12)13)9-7-5-4-6-8-9/h4-8H,3H2,1-2H3,(H,12,13)/t11-/m1/s1. The Morgan fingerprint density at radius 1 is 1.43 bits per heavy atom. The third-order valence-corrected chi connectivity index (χ3v) is 2.17. The SMILES string of the molecule is CCO[C@@](C)(C(=O)O)c1ccccc1. The van der Waals surface area contributed by atoms with Gasteiger partial charge in [0.25, 0.3) is 0 Å². The molecule has 1 aromatic rings. The number of hydrogen-bond donors (Lipinski definition) is 1. The van der Waals surface area contributed by atoms with Crippen LogP contribution in [-0.4, -0.2) is 17.7 Å². The zero-order valence-corrected chi connectivity index (χ0v) is 8.36. The number of hydrogen-bond acceptors (Lipinski definition) is 2. The summed E-state index contributed by atoms with van der Waals surface area (Å²) >= 11 is 0. The van der Waals surface area contributed by atoms with Crippen LogP contribution in [0.15, 0.2) is 30.3 Å². The molecule has 0 bridgehead atoms. The molecule has 0 amide bonds.